The second-order valence-electron chi connectivity index (χ2n) is 4.25. The minimum atomic E-state index is -0.310. The average Bonchev–Trinajstić information content (AvgIpc) is 2.91. The Kier molecular flexibility index (Phi) is 3.16. The Labute approximate surface area is 115 Å². The summed E-state index contributed by atoms with van der Waals surface area (Å²) in [6.07, 6.45) is 5.50. The molecule has 0 atom stereocenters. The summed E-state index contributed by atoms with van der Waals surface area (Å²) in [6, 6.07) is 9.04. The fourth-order valence-corrected chi connectivity index (χ4v) is 1.96. The molecule has 5 nitrogen and oxygen atoms in total. The van der Waals surface area contributed by atoms with Gasteiger partial charge in [-0.05, 0) is 25.1 Å². The van der Waals surface area contributed by atoms with Gasteiger partial charge in [-0.25, -0.2) is 14.8 Å². The van der Waals surface area contributed by atoms with Gasteiger partial charge in [-0.2, -0.15) is 0 Å². The van der Waals surface area contributed by atoms with Crippen molar-refractivity contribution < 1.29 is 9.53 Å². The van der Waals surface area contributed by atoms with Gasteiger partial charge in [0.2, 0.25) is 5.78 Å². The molecule has 5 heteroatoms. The Hall–Kier alpha value is -2.69. The smallest absolute Gasteiger partial charge is 0.338 e. The summed E-state index contributed by atoms with van der Waals surface area (Å²) >= 11 is 0. The highest BCUT2D eigenvalue weighted by Crippen LogP contribution is 2.19. The molecule has 0 aliphatic carbocycles. The van der Waals surface area contributed by atoms with E-state index in [2.05, 4.69) is 9.97 Å². The van der Waals surface area contributed by atoms with E-state index in [1.54, 1.807) is 25.3 Å². The Bertz CT molecular complexity index is 714. The second-order valence-corrected chi connectivity index (χ2v) is 4.25. The van der Waals surface area contributed by atoms with Crippen molar-refractivity contribution in [1.29, 1.82) is 0 Å². The van der Waals surface area contributed by atoms with Gasteiger partial charge in [0.05, 0.1) is 17.9 Å². The predicted octanol–water partition coefficient (Wildman–Crippen LogP) is 2.57. The van der Waals surface area contributed by atoms with Crippen LogP contribution in [0.4, 0.5) is 0 Å². The molecule has 0 saturated heterocycles. The van der Waals surface area contributed by atoms with Crippen LogP contribution in [0.25, 0.3) is 17.0 Å². The topological polar surface area (TPSA) is 56.5 Å². The summed E-state index contributed by atoms with van der Waals surface area (Å²) in [5.41, 5.74) is 2.29. The Balaban J connectivity index is 1.92. The van der Waals surface area contributed by atoms with Crippen molar-refractivity contribution in [2.45, 2.75) is 6.92 Å². The van der Waals surface area contributed by atoms with E-state index >= 15 is 0 Å². The van der Waals surface area contributed by atoms with E-state index in [9.17, 15) is 4.79 Å². The fraction of sp³-hybridized carbons (Fsp3) is 0.133. The van der Waals surface area contributed by atoms with Gasteiger partial charge in [0.1, 0.15) is 0 Å². The maximum absolute atomic E-state index is 11.6. The number of carbonyl (C=O) groups is 1. The largest absolute Gasteiger partial charge is 0.462 e. The van der Waals surface area contributed by atoms with E-state index < -0.39 is 0 Å². The zero-order valence-electron chi connectivity index (χ0n) is 11.0. The first-order chi connectivity index (χ1) is 9.78. The zero-order chi connectivity index (χ0) is 13.9. The molecule has 0 spiro atoms. The van der Waals surface area contributed by atoms with Gasteiger partial charge < -0.3 is 4.74 Å². The number of rotatable bonds is 3. The van der Waals surface area contributed by atoms with Gasteiger partial charge in [-0.15, -0.1) is 0 Å². The van der Waals surface area contributed by atoms with E-state index in [0.29, 0.717) is 17.9 Å². The molecule has 3 rings (SSSR count). The molecule has 2 aromatic heterocycles. The highest BCUT2D eigenvalue weighted by atomic mass is 16.5. The summed E-state index contributed by atoms with van der Waals surface area (Å²) in [5.74, 6) is 0.340. The molecule has 3 aromatic rings. The van der Waals surface area contributed by atoms with Crippen LogP contribution in [0.2, 0.25) is 0 Å². The van der Waals surface area contributed by atoms with Crippen molar-refractivity contribution >= 4 is 11.7 Å². The lowest BCUT2D eigenvalue weighted by Crippen LogP contribution is -2.03. The number of imidazole rings is 1. The van der Waals surface area contributed by atoms with Gasteiger partial charge in [0.25, 0.3) is 0 Å². The van der Waals surface area contributed by atoms with Crippen molar-refractivity contribution in [1.82, 2.24) is 14.4 Å². The SMILES string of the molecule is CCOC(=O)c1ccc(-c2cn3cccnc3n2)cc1. The Morgan fingerprint density at radius 2 is 2.10 bits per heavy atom. The number of ether oxygens (including phenoxy) is 1. The van der Waals surface area contributed by atoms with Gasteiger partial charge in [-0.3, -0.25) is 4.40 Å². The lowest BCUT2D eigenvalue weighted by atomic mass is 10.1. The van der Waals surface area contributed by atoms with Gasteiger partial charge in [0.15, 0.2) is 0 Å². The molecule has 0 fully saturated rings. The average molecular weight is 267 g/mol. The van der Waals surface area contributed by atoms with Crippen LogP contribution in [0, 0.1) is 0 Å². The molecule has 20 heavy (non-hydrogen) atoms. The summed E-state index contributed by atoms with van der Waals surface area (Å²) in [6.45, 7) is 2.16. The highest BCUT2D eigenvalue weighted by molar-refractivity contribution is 5.90. The van der Waals surface area contributed by atoms with Crippen LogP contribution in [0.1, 0.15) is 17.3 Å². The number of benzene rings is 1. The number of aromatic nitrogens is 3. The number of fused-ring (bicyclic) bond motifs is 1. The van der Waals surface area contributed by atoms with Gasteiger partial charge in [0, 0.05) is 24.2 Å². The van der Waals surface area contributed by atoms with Crippen molar-refractivity contribution in [3.05, 3.63) is 54.5 Å². The number of carbonyl (C=O) groups excluding carboxylic acids is 1. The normalized spacial score (nSPS) is 10.7. The third-order valence-electron chi connectivity index (χ3n) is 2.93. The summed E-state index contributed by atoms with van der Waals surface area (Å²) in [5, 5.41) is 0. The molecule has 100 valence electrons. The second kappa shape index (κ2) is 5.13. The zero-order valence-corrected chi connectivity index (χ0v) is 11.0. The van der Waals surface area contributed by atoms with Crippen molar-refractivity contribution in [3.63, 3.8) is 0 Å². The van der Waals surface area contributed by atoms with E-state index in [-0.39, 0.29) is 5.97 Å². The minimum absolute atomic E-state index is 0.310. The highest BCUT2D eigenvalue weighted by Gasteiger charge is 2.08. The molecule has 2 heterocycles. The van der Waals surface area contributed by atoms with E-state index in [0.717, 1.165) is 11.3 Å². The minimum Gasteiger partial charge on any atom is -0.462 e. The number of hydrogen-bond donors (Lipinski definition) is 0. The quantitative estimate of drug-likeness (QED) is 0.684. The van der Waals surface area contributed by atoms with Gasteiger partial charge in [-0.1, -0.05) is 12.1 Å². The van der Waals surface area contributed by atoms with Crippen molar-refractivity contribution in [2.24, 2.45) is 0 Å². The van der Waals surface area contributed by atoms with E-state index in [4.69, 9.17) is 4.74 Å². The van der Waals surface area contributed by atoms with Crippen LogP contribution in [-0.4, -0.2) is 26.9 Å². The molecule has 0 amide bonds. The third-order valence-corrected chi connectivity index (χ3v) is 2.93. The van der Waals surface area contributed by atoms with Crippen LogP contribution in [-0.2, 0) is 4.74 Å². The molecule has 0 aliphatic heterocycles. The first kappa shape index (κ1) is 12.3. The molecular weight excluding hydrogens is 254 g/mol. The molecular formula is C15H13N3O2. The van der Waals surface area contributed by atoms with Crippen molar-refractivity contribution in [3.8, 4) is 11.3 Å². The number of nitrogens with zero attached hydrogens (tertiary/aromatic N) is 3. The summed E-state index contributed by atoms with van der Waals surface area (Å²) < 4.78 is 6.81. The molecule has 1 aromatic carbocycles. The predicted molar refractivity (Wildman–Crippen MR) is 74.4 cm³/mol. The lowest BCUT2D eigenvalue weighted by molar-refractivity contribution is 0.0526. The van der Waals surface area contributed by atoms with Gasteiger partial charge >= 0.3 is 5.97 Å². The Morgan fingerprint density at radius 3 is 2.80 bits per heavy atom. The van der Waals surface area contributed by atoms with Crippen LogP contribution in [0.15, 0.2) is 48.9 Å². The lowest BCUT2D eigenvalue weighted by Gasteiger charge is -2.02. The summed E-state index contributed by atoms with van der Waals surface area (Å²) in [7, 11) is 0. The summed E-state index contributed by atoms with van der Waals surface area (Å²) in [4.78, 5) is 20.2. The molecule has 0 unspecified atom stereocenters. The first-order valence-corrected chi connectivity index (χ1v) is 6.35. The monoisotopic (exact) mass is 267 g/mol. The number of hydrogen-bond acceptors (Lipinski definition) is 4. The standard InChI is InChI=1S/C15H13N3O2/c1-2-20-14(19)12-6-4-11(5-7-12)13-10-18-9-3-8-16-15(18)17-13/h3-10H,2H2,1H3. The van der Waals surface area contributed by atoms with E-state index in [1.165, 1.54) is 0 Å². The molecule has 0 saturated carbocycles. The van der Waals surface area contributed by atoms with Crippen LogP contribution in [0.3, 0.4) is 0 Å². The van der Waals surface area contributed by atoms with Crippen molar-refractivity contribution in [2.75, 3.05) is 6.61 Å². The van der Waals surface area contributed by atoms with Crippen LogP contribution >= 0.6 is 0 Å². The maximum atomic E-state index is 11.6. The molecule has 0 N–H and O–H groups in total. The molecule has 0 aliphatic rings. The third kappa shape index (κ3) is 2.25. The number of esters is 1. The first-order valence-electron chi connectivity index (χ1n) is 6.35. The van der Waals surface area contributed by atoms with Crippen LogP contribution < -0.4 is 0 Å². The van der Waals surface area contributed by atoms with Crippen LogP contribution in [0.5, 0.6) is 0 Å². The Morgan fingerprint density at radius 1 is 1.30 bits per heavy atom. The molecule has 0 bridgehead atoms. The molecule has 0 radical (unpaired) electrons. The van der Waals surface area contributed by atoms with E-state index in [1.807, 2.05) is 35.0 Å². The maximum Gasteiger partial charge on any atom is 0.338 e. The fourth-order valence-electron chi connectivity index (χ4n) is 1.96.